The van der Waals surface area contributed by atoms with Gasteiger partial charge < -0.3 is 5.32 Å². The van der Waals surface area contributed by atoms with Crippen LogP contribution < -0.4 is 5.32 Å². The van der Waals surface area contributed by atoms with Crippen LogP contribution >= 0.6 is 0 Å². The highest BCUT2D eigenvalue weighted by Gasteiger charge is 2.18. The van der Waals surface area contributed by atoms with Gasteiger partial charge in [0, 0.05) is 12.5 Å². The number of hydrogen-bond donors (Lipinski definition) is 1. The summed E-state index contributed by atoms with van der Waals surface area (Å²) in [5.41, 5.74) is 1.06. The highest BCUT2D eigenvalue weighted by molar-refractivity contribution is 7.90. The van der Waals surface area contributed by atoms with Crippen molar-refractivity contribution in [2.75, 3.05) is 11.6 Å². The van der Waals surface area contributed by atoms with Crippen LogP contribution in [0.15, 0.2) is 47.5 Å². The Morgan fingerprint density at radius 1 is 1.20 bits per heavy atom. The van der Waals surface area contributed by atoms with E-state index in [1.807, 2.05) is 6.92 Å². The molecule has 0 unspecified atom stereocenters. The van der Waals surface area contributed by atoms with E-state index in [4.69, 9.17) is 0 Å². The van der Waals surface area contributed by atoms with Gasteiger partial charge in [-0.3, -0.25) is 4.79 Å². The minimum absolute atomic E-state index is 0.00477. The first-order chi connectivity index (χ1) is 9.38. The quantitative estimate of drug-likeness (QED) is 0.938. The number of carbonyl (C=O) groups excluding carboxylic acids is 1. The number of pyridine rings is 1. The summed E-state index contributed by atoms with van der Waals surface area (Å²) in [4.78, 5) is 16.2. The highest BCUT2D eigenvalue weighted by atomic mass is 32.2. The lowest BCUT2D eigenvalue weighted by Gasteiger charge is -2.08. The molecule has 0 saturated carbocycles. The van der Waals surface area contributed by atoms with Crippen LogP contribution in [0.5, 0.6) is 0 Å². The first kappa shape index (κ1) is 14.2. The minimum Gasteiger partial charge on any atom is -0.307 e. The number of nitrogens with one attached hydrogen (secondary N) is 1. The van der Waals surface area contributed by atoms with Crippen molar-refractivity contribution >= 4 is 21.6 Å². The predicted octanol–water partition coefficient (Wildman–Crippen LogP) is 2.05. The van der Waals surface area contributed by atoms with E-state index in [-0.39, 0.29) is 10.5 Å². The Morgan fingerprint density at radius 3 is 2.55 bits per heavy atom. The largest absolute Gasteiger partial charge is 0.307 e. The van der Waals surface area contributed by atoms with Crippen molar-refractivity contribution in [3.8, 4) is 0 Å². The number of amides is 1. The number of aryl methyl sites for hydroxylation is 1. The maximum atomic E-state index is 12.2. The van der Waals surface area contributed by atoms with E-state index >= 15 is 0 Å². The zero-order valence-corrected chi connectivity index (χ0v) is 11.9. The fourth-order valence-corrected chi connectivity index (χ4v) is 2.65. The molecule has 0 saturated heterocycles. The third kappa shape index (κ3) is 3.21. The zero-order valence-electron chi connectivity index (χ0n) is 11.1. The van der Waals surface area contributed by atoms with E-state index in [1.165, 1.54) is 12.1 Å². The second-order valence-corrected chi connectivity index (χ2v) is 6.43. The molecule has 1 N–H and O–H groups in total. The summed E-state index contributed by atoms with van der Waals surface area (Å²) < 4.78 is 23.3. The van der Waals surface area contributed by atoms with Gasteiger partial charge in [0.2, 0.25) is 0 Å². The third-order valence-corrected chi connectivity index (χ3v) is 3.84. The molecular weight excluding hydrogens is 276 g/mol. The molecule has 5 nitrogen and oxygen atoms in total. The van der Waals surface area contributed by atoms with Crippen molar-refractivity contribution in [2.45, 2.75) is 11.8 Å². The third-order valence-electron chi connectivity index (χ3n) is 2.69. The van der Waals surface area contributed by atoms with Crippen molar-refractivity contribution in [3.05, 3.63) is 53.7 Å². The van der Waals surface area contributed by atoms with Crippen molar-refractivity contribution in [1.29, 1.82) is 0 Å². The molecule has 0 bridgehead atoms. The molecular formula is C14H14N2O3S. The molecule has 0 radical (unpaired) electrons. The summed E-state index contributed by atoms with van der Waals surface area (Å²) >= 11 is 0. The number of hydrogen-bond acceptors (Lipinski definition) is 4. The number of anilines is 1. The minimum atomic E-state index is -3.46. The van der Waals surface area contributed by atoms with Crippen LogP contribution in [-0.4, -0.2) is 25.6 Å². The molecule has 1 aromatic heterocycles. The van der Waals surface area contributed by atoms with E-state index in [9.17, 15) is 13.2 Å². The first-order valence-corrected chi connectivity index (χ1v) is 7.80. The Morgan fingerprint density at radius 2 is 1.90 bits per heavy atom. The Labute approximate surface area is 117 Å². The lowest BCUT2D eigenvalue weighted by atomic mass is 10.2. The molecule has 1 heterocycles. The Hall–Kier alpha value is -2.21. The number of rotatable bonds is 3. The molecule has 0 fully saturated rings. The van der Waals surface area contributed by atoms with Crippen LogP contribution in [0.2, 0.25) is 0 Å². The van der Waals surface area contributed by atoms with Crippen LogP contribution in [0.25, 0.3) is 0 Å². The first-order valence-electron chi connectivity index (χ1n) is 5.91. The molecule has 6 heteroatoms. The Kier molecular flexibility index (Phi) is 3.85. The van der Waals surface area contributed by atoms with Gasteiger partial charge in [-0.15, -0.1) is 0 Å². The normalized spacial score (nSPS) is 11.1. The van der Waals surface area contributed by atoms with Gasteiger partial charge in [0.15, 0.2) is 9.84 Å². The summed E-state index contributed by atoms with van der Waals surface area (Å²) in [5, 5.41) is 2.60. The van der Waals surface area contributed by atoms with Crippen molar-refractivity contribution in [3.63, 3.8) is 0 Å². The monoisotopic (exact) mass is 290 g/mol. The lowest BCUT2D eigenvalue weighted by molar-refractivity contribution is 0.102. The number of nitrogens with zero attached hydrogens (tertiary/aromatic N) is 1. The van der Waals surface area contributed by atoms with Gasteiger partial charge in [0.05, 0.1) is 10.5 Å². The molecule has 20 heavy (non-hydrogen) atoms. The average Bonchev–Trinajstić information content (AvgIpc) is 2.37. The Balaban J connectivity index is 2.36. The van der Waals surface area contributed by atoms with Gasteiger partial charge in [-0.1, -0.05) is 12.1 Å². The van der Waals surface area contributed by atoms with Gasteiger partial charge >= 0.3 is 0 Å². The number of sulfone groups is 1. The molecule has 2 rings (SSSR count). The molecule has 0 atom stereocenters. The molecule has 0 aliphatic rings. The lowest BCUT2D eigenvalue weighted by Crippen LogP contribution is -2.16. The van der Waals surface area contributed by atoms with Gasteiger partial charge in [-0.05, 0) is 36.8 Å². The van der Waals surface area contributed by atoms with Gasteiger partial charge in [0.1, 0.15) is 5.82 Å². The number of benzene rings is 1. The van der Waals surface area contributed by atoms with Crippen molar-refractivity contribution in [1.82, 2.24) is 4.98 Å². The van der Waals surface area contributed by atoms with E-state index < -0.39 is 15.7 Å². The summed E-state index contributed by atoms with van der Waals surface area (Å²) in [7, 11) is -3.46. The zero-order chi connectivity index (χ0) is 14.8. The van der Waals surface area contributed by atoms with Crippen LogP contribution in [0, 0.1) is 6.92 Å². The summed E-state index contributed by atoms with van der Waals surface area (Å²) in [6.07, 6.45) is 2.65. The SMILES string of the molecule is Cc1ccnc(NC(=O)c2ccccc2S(C)(=O)=O)c1. The highest BCUT2D eigenvalue weighted by Crippen LogP contribution is 2.17. The summed E-state index contributed by atoms with van der Waals surface area (Å²) in [5.74, 6) is -0.109. The van der Waals surface area contributed by atoms with E-state index in [0.717, 1.165) is 11.8 Å². The molecule has 2 aromatic rings. The standard InChI is InChI=1S/C14H14N2O3S/c1-10-7-8-15-13(9-10)16-14(17)11-5-3-4-6-12(11)20(2,18)19/h3-9H,1-2H3,(H,15,16,17). The van der Waals surface area contributed by atoms with E-state index in [1.54, 1.807) is 30.5 Å². The molecule has 0 aliphatic heterocycles. The second kappa shape index (κ2) is 5.42. The number of aromatic nitrogens is 1. The van der Waals surface area contributed by atoms with Crippen molar-refractivity contribution < 1.29 is 13.2 Å². The summed E-state index contributed by atoms with van der Waals surface area (Å²) in [6.45, 7) is 1.88. The van der Waals surface area contributed by atoms with Crippen LogP contribution in [0.1, 0.15) is 15.9 Å². The van der Waals surface area contributed by atoms with Crippen LogP contribution in [0.4, 0.5) is 5.82 Å². The molecule has 0 aliphatic carbocycles. The number of carbonyl (C=O) groups is 1. The fourth-order valence-electron chi connectivity index (χ4n) is 1.77. The molecule has 1 amide bonds. The Bertz CT molecular complexity index is 755. The topological polar surface area (TPSA) is 76.1 Å². The maximum Gasteiger partial charge on any atom is 0.258 e. The molecule has 1 aromatic carbocycles. The van der Waals surface area contributed by atoms with Gasteiger partial charge in [-0.2, -0.15) is 0 Å². The van der Waals surface area contributed by atoms with Crippen LogP contribution in [0.3, 0.4) is 0 Å². The maximum absolute atomic E-state index is 12.2. The van der Waals surface area contributed by atoms with E-state index in [0.29, 0.717) is 5.82 Å². The fraction of sp³-hybridized carbons (Fsp3) is 0.143. The van der Waals surface area contributed by atoms with Crippen molar-refractivity contribution in [2.24, 2.45) is 0 Å². The molecule has 0 spiro atoms. The van der Waals surface area contributed by atoms with E-state index in [2.05, 4.69) is 10.3 Å². The van der Waals surface area contributed by atoms with Gasteiger partial charge in [-0.25, -0.2) is 13.4 Å². The average molecular weight is 290 g/mol. The van der Waals surface area contributed by atoms with Gasteiger partial charge in [0.25, 0.3) is 5.91 Å². The summed E-state index contributed by atoms with van der Waals surface area (Å²) in [6, 6.07) is 9.60. The van der Waals surface area contributed by atoms with Crippen LogP contribution in [-0.2, 0) is 9.84 Å². The smallest absolute Gasteiger partial charge is 0.258 e. The molecule has 104 valence electrons. The second-order valence-electron chi connectivity index (χ2n) is 4.44. The predicted molar refractivity (Wildman–Crippen MR) is 76.5 cm³/mol.